The molecule has 2 aromatic rings. The lowest BCUT2D eigenvalue weighted by molar-refractivity contribution is -0.137. The molecule has 0 aliphatic carbocycles. The van der Waals surface area contributed by atoms with Crippen molar-refractivity contribution in [2.75, 3.05) is 33.9 Å². The first-order valence-electron chi connectivity index (χ1n) is 10.8. The molecule has 7 nitrogen and oxygen atoms in total. The molecule has 4 rings (SSSR count). The molecule has 2 aliphatic heterocycles. The Morgan fingerprint density at radius 2 is 1.84 bits per heavy atom. The molecule has 0 N–H and O–H groups in total. The highest BCUT2D eigenvalue weighted by Crippen LogP contribution is 2.40. The second kappa shape index (κ2) is 9.37. The van der Waals surface area contributed by atoms with Crippen LogP contribution in [0.2, 0.25) is 0 Å². The van der Waals surface area contributed by atoms with Crippen LogP contribution in [0.3, 0.4) is 0 Å². The summed E-state index contributed by atoms with van der Waals surface area (Å²) >= 11 is 0. The Morgan fingerprint density at radius 1 is 1.03 bits per heavy atom. The highest BCUT2D eigenvalue weighted by molar-refractivity contribution is 5.94. The molecule has 1 unspecified atom stereocenters. The van der Waals surface area contributed by atoms with E-state index in [1.54, 1.807) is 38.7 Å². The molecule has 3 heterocycles. The van der Waals surface area contributed by atoms with Crippen LogP contribution in [0, 0.1) is 5.92 Å². The Hall–Kier alpha value is -3.09. The minimum absolute atomic E-state index is 0.00685. The molecule has 0 saturated carbocycles. The first-order chi connectivity index (χ1) is 15.1. The predicted molar refractivity (Wildman–Crippen MR) is 116 cm³/mol. The van der Waals surface area contributed by atoms with Crippen LogP contribution < -0.4 is 9.47 Å². The van der Waals surface area contributed by atoms with Crippen molar-refractivity contribution in [2.45, 2.75) is 31.7 Å². The summed E-state index contributed by atoms with van der Waals surface area (Å²) in [6.07, 6.45) is 6.50. The van der Waals surface area contributed by atoms with Gasteiger partial charge >= 0.3 is 0 Å². The van der Waals surface area contributed by atoms with Crippen LogP contribution >= 0.6 is 0 Å². The fourth-order valence-corrected chi connectivity index (χ4v) is 4.69. The summed E-state index contributed by atoms with van der Waals surface area (Å²) < 4.78 is 11.0. The summed E-state index contributed by atoms with van der Waals surface area (Å²) in [5.41, 5.74) is 1.59. The molecule has 0 radical (unpaired) electrons. The zero-order chi connectivity index (χ0) is 21.8. The number of carbonyl (C=O) groups excluding carboxylic acids is 2. The third-order valence-corrected chi connectivity index (χ3v) is 6.37. The van der Waals surface area contributed by atoms with Gasteiger partial charge in [0.25, 0.3) is 5.91 Å². The SMILES string of the molecule is COc1ccc(OC)c(C2CCCN2C(=O)C2CCN(C(=O)c3cccnc3)CC2)c1. The third-order valence-electron chi connectivity index (χ3n) is 6.37. The highest BCUT2D eigenvalue weighted by atomic mass is 16.5. The molecule has 2 saturated heterocycles. The summed E-state index contributed by atoms with van der Waals surface area (Å²) in [7, 11) is 3.30. The lowest BCUT2D eigenvalue weighted by Gasteiger charge is -2.35. The number of amides is 2. The number of hydrogen-bond donors (Lipinski definition) is 0. The van der Waals surface area contributed by atoms with Gasteiger partial charge in [-0.05, 0) is 56.0 Å². The van der Waals surface area contributed by atoms with Crippen LogP contribution in [0.1, 0.15) is 47.6 Å². The van der Waals surface area contributed by atoms with Crippen molar-refractivity contribution < 1.29 is 19.1 Å². The van der Waals surface area contributed by atoms with Gasteiger partial charge in [-0.1, -0.05) is 0 Å². The lowest BCUT2D eigenvalue weighted by Crippen LogP contribution is -2.44. The Kier molecular flexibility index (Phi) is 6.39. The Morgan fingerprint density at radius 3 is 2.52 bits per heavy atom. The van der Waals surface area contributed by atoms with Crippen LogP contribution in [0.25, 0.3) is 0 Å². The molecule has 1 aromatic heterocycles. The fourth-order valence-electron chi connectivity index (χ4n) is 4.69. The van der Waals surface area contributed by atoms with Crippen LogP contribution in [0.15, 0.2) is 42.7 Å². The minimum atomic E-state index is -0.0600. The average Bonchev–Trinajstić information content (AvgIpc) is 3.33. The first kappa shape index (κ1) is 21.2. The molecule has 164 valence electrons. The van der Waals surface area contributed by atoms with Crippen LogP contribution in [0.4, 0.5) is 0 Å². The smallest absolute Gasteiger partial charge is 0.255 e. The number of nitrogens with zero attached hydrogens (tertiary/aromatic N) is 3. The van der Waals surface area contributed by atoms with Gasteiger partial charge in [-0.3, -0.25) is 14.6 Å². The zero-order valence-electron chi connectivity index (χ0n) is 18.1. The van der Waals surface area contributed by atoms with Crippen molar-refractivity contribution in [3.05, 3.63) is 53.9 Å². The maximum atomic E-state index is 13.4. The van der Waals surface area contributed by atoms with Gasteiger partial charge in [-0.15, -0.1) is 0 Å². The van der Waals surface area contributed by atoms with Crippen molar-refractivity contribution in [3.63, 3.8) is 0 Å². The lowest BCUT2D eigenvalue weighted by atomic mass is 9.93. The normalized spacial score (nSPS) is 19.4. The Bertz CT molecular complexity index is 926. The third kappa shape index (κ3) is 4.36. The largest absolute Gasteiger partial charge is 0.497 e. The van der Waals surface area contributed by atoms with Crippen LogP contribution in [0.5, 0.6) is 11.5 Å². The standard InChI is InChI=1S/C24H29N3O4/c1-30-19-7-8-22(31-2)20(15-19)21-6-4-12-27(21)24(29)17-9-13-26(14-10-17)23(28)18-5-3-11-25-16-18/h3,5,7-8,11,15-17,21H,4,6,9-10,12-14H2,1-2H3. The summed E-state index contributed by atoms with van der Waals surface area (Å²) in [5, 5.41) is 0. The summed E-state index contributed by atoms with van der Waals surface area (Å²) in [6.45, 7) is 1.93. The van der Waals surface area contributed by atoms with E-state index in [4.69, 9.17) is 9.47 Å². The van der Waals surface area contributed by atoms with E-state index >= 15 is 0 Å². The van der Waals surface area contributed by atoms with Crippen molar-refractivity contribution in [3.8, 4) is 11.5 Å². The molecule has 0 spiro atoms. The van der Waals surface area contributed by atoms with Gasteiger partial charge in [-0.2, -0.15) is 0 Å². The number of methoxy groups -OCH3 is 2. The molecule has 2 fully saturated rings. The van der Waals surface area contributed by atoms with Crippen LogP contribution in [-0.4, -0.2) is 60.5 Å². The number of ether oxygens (including phenoxy) is 2. The first-order valence-corrected chi connectivity index (χ1v) is 10.8. The number of pyridine rings is 1. The highest BCUT2D eigenvalue weighted by Gasteiger charge is 2.37. The van der Waals surface area contributed by atoms with Gasteiger partial charge in [0.2, 0.25) is 5.91 Å². The van der Waals surface area contributed by atoms with Crippen molar-refractivity contribution in [1.82, 2.24) is 14.8 Å². The number of carbonyl (C=O) groups is 2. The predicted octanol–water partition coefficient (Wildman–Crippen LogP) is 3.31. The average molecular weight is 424 g/mol. The number of piperidine rings is 1. The van der Waals surface area contributed by atoms with Gasteiger partial charge in [0.1, 0.15) is 11.5 Å². The van der Waals surface area contributed by atoms with Gasteiger partial charge in [0.05, 0.1) is 25.8 Å². The molecule has 1 atom stereocenters. The van der Waals surface area contributed by atoms with E-state index in [9.17, 15) is 9.59 Å². The zero-order valence-corrected chi connectivity index (χ0v) is 18.1. The monoisotopic (exact) mass is 423 g/mol. The number of rotatable bonds is 5. The summed E-state index contributed by atoms with van der Waals surface area (Å²) in [4.78, 5) is 33.9. The van der Waals surface area contributed by atoms with E-state index in [-0.39, 0.29) is 23.8 Å². The van der Waals surface area contributed by atoms with Gasteiger partial charge < -0.3 is 19.3 Å². The molecule has 0 bridgehead atoms. The summed E-state index contributed by atoms with van der Waals surface area (Å²) in [5.74, 6) is 1.65. The molecule has 2 amide bonds. The second-order valence-corrected chi connectivity index (χ2v) is 8.11. The molecule has 31 heavy (non-hydrogen) atoms. The molecule has 1 aromatic carbocycles. The molecule has 7 heteroatoms. The van der Waals surface area contributed by atoms with E-state index in [0.29, 0.717) is 31.5 Å². The van der Waals surface area contributed by atoms with E-state index in [0.717, 1.165) is 36.4 Å². The number of likely N-dealkylation sites (tertiary alicyclic amines) is 2. The van der Waals surface area contributed by atoms with Crippen molar-refractivity contribution in [1.29, 1.82) is 0 Å². The Labute approximate surface area is 183 Å². The second-order valence-electron chi connectivity index (χ2n) is 8.11. The maximum Gasteiger partial charge on any atom is 0.255 e. The number of hydrogen-bond acceptors (Lipinski definition) is 5. The van der Waals surface area contributed by atoms with E-state index in [2.05, 4.69) is 4.98 Å². The summed E-state index contributed by atoms with van der Waals surface area (Å²) in [6, 6.07) is 9.29. The van der Waals surface area contributed by atoms with Crippen molar-refractivity contribution in [2.24, 2.45) is 5.92 Å². The number of aromatic nitrogens is 1. The Balaban J connectivity index is 1.43. The minimum Gasteiger partial charge on any atom is -0.497 e. The quantitative estimate of drug-likeness (QED) is 0.738. The van der Waals surface area contributed by atoms with Gasteiger partial charge in [0.15, 0.2) is 0 Å². The van der Waals surface area contributed by atoms with E-state index in [1.807, 2.05) is 28.0 Å². The van der Waals surface area contributed by atoms with E-state index < -0.39 is 0 Å². The van der Waals surface area contributed by atoms with E-state index in [1.165, 1.54) is 0 Å². The maximum absolute atomic E-state index is 13.4. The fraction of sp³-hybridized carbons (Fsp3) is 0.458. The topological polar surface area (TPSA) is 72.0 Å². The molecule has 2 aliphatic rings. The molecular formula is C24H29N3O4. The van der Waals surface area contributed by atoms with Crippen molar-refractivity contribution >= 4 is 11.8 Å². The number of benzene rings is 1. The van der Waals surface area contributed by atoms with Crippen LogP contribution in [-0.2, 0) is 4.79 Å². The van der Waals surface area contributed by atoms with Gasteiger partial charge in [0, 0.05) is 43.5 Å². The van der Waals surface area contributed by atoms with Gasteiger partial charge in [-0.25, -0.2) is 0 Å². The molecular weight excluding hydrogens is 394 g/mol.